The molecule has 0 unspecified atom stereocenters. The highest BCUT2D eigenvalue weighted by Crippen LogP contribution is 2.41. The van der Waals surface area contributed by atoms with Gasteiger partial charge in [-0.05, 0) is 48.1 Å². The summed E-state index contributed by atoms with van der Waals surface area (Å²) in [4.78, 5) is -0.125. The van der Waals surface area contributed by atoms with Crippen LogP contribution in [0.5, 0.6) is 11.6 Å². The molecule has 0 amide bonds. The maximum atomic E-state index is 11.8. The number of aromatic hydroxyl groups is 1. The summed E-state index contributed by atoms with van der Waals surface area (Å²) in [5.41, 5.74) is 2.10. The van der Waals surface area contributed by atoms with Crippen LogP contribution >= 0.6 is 12.2 Å². The zero-order valence-corrected chi connectivity index (χ0v) is 19.7. The number of fused-ring (bicyclic) bond motifs is 1. The van der Waals surface area contributed by atoms with Crippen LogP contribution in [0.3, 0.4) is 0 Å². The minimum Gasteiger partial charge on any atom is -0.497 e. The van der Waals surface area contributed by atoms with Gasteiger partial charge in [0.25, 0.3) is 0 Å². The van der Waals surface area contributed by atoms with Crippen molar-refractivity contribution >= 4 is 49.6 Å². The maximum Gasteiger partial charge on any atom is 0.240 e. The summed E-state index contributed by atoms with van der Waals surface area (Å²) in [5.74, 6) is 0.493. The van der Waals surface area contributed by atoms with Gasteiger partial charge < -0.3 is 19.7 Å². The topological polar surface area (TPSA) is 131 Å². The Bertz CT molecular complexity index is 1500. The summed E-state index contributed by atoms with van der Waals surface area (Å²) in [6.07, 6.45) is 0. The number of nitrogens with one attached hydrogen (secondary N) is 1. The normalized spacial score (nSPS) is 11.7. The van der Waals surface area contributed by atoms with E-state index in [1.54, 1.807) is 35.9 Å². The van der Waals surface area contributed by atoms with Gasteiger partial charge in [-0.15, -0.1) is 10.2 Å². The Morgan fingerprint density at radius 3 is 2.53 bits per heavy atom. The SMILES string of the molecule is COc1ccc2c(c1)c(N=NC(=S)Nc1ccccc1S(N)(=O)=O)c(O)n2Cc1ccccc1. The molecule has 0 aliphatic heterocycles. The lowest BCUT2D eigenvalue weighted by Crippen LogP contribution is -2.16. The summed E-state index contributed by atoms with van der Waals surface area (Å²) in [5, 5.41) is 27.7. The highest BCUT2D eigenvalue weighted by atomic mass is 32.2. The van der Waals surface area contributed by atoms with Crippen molar-refractivity contribution in [2.75, 3.05) is 12.4 Å². The second kappa shape index (κ2) is 9.59. The van der Waals surface area contributed by atoms with E-state index in [0.717, 1.165) is 11.1 Å². The lowest BCUT2D eigenvalue weighted by atomic mass is 10.2. The molecule has 174 valence electrons. The molecule has 1 heterocycles. The van der Waals surface area contributed by atoms with E-state index in [9.17, 15) is 13.5 Å². The monoisotopic (exact) mass is 495 g/mol. The van der Waals surface area contributed by atoms with Gasteiger partial charge in [0, 0.05) is 5.39 Å². The van der Waals surface area contributed by atoms with Crippen molar-refractivity contribution in [1.29, 1.82) is 0 Å². The number of sulfonamides is 1. The first-order valence-corrected chi connectivity index (χ1v) is 12.0. The molecule has 4 rings (SSSR count). The molecule has 0 aliphatic carbocycles. The zero-order chi connectivity index (χ0) is 24.3. The number of hydrogen-bond acceptors (Lipinski definition) is 6. The Hall–Kier alpha value is -3.80. The number of primary sulfonamides is 1. The molecule has 11 heteroatoms. The maximum absolute atomic E-state index is 11.8. The molecular weight excluding hydrogens is 474 g/mol. The molecule has 0 fully saturated rings. The number of nitrogens with zero attached hydrogens (tertiary/aromatic N) is 3. The van der Waals surface area contributed by atoms with Crippen LogP contribution in [0.4, 0.5) is 11.4 Å². The number of ether oxygens (including phenoxy) is 1. The van der Waals surface area contributed by atoms with E-state index in [4.69, 9.17) is 22.1 Å². The second-order valence-electron chi connectivity index (χ2n) is 7.30. The number of para-hydroxylation sites is 1. The first-order chi connectivity index (χ1) is 16.3. The van der Waals surface area contributed by atoms with Gasteiger partial charge in [-0.2, -0.15) is 0 Å². The molecule has 9 nitrogen and oxygen atoms in total. The number of thiocarbonyl (C=S) groups is 1. The Labute approximate surface area is 201 Å². The molecule has 0 radical (unpaired) electrons. The van der Waals surface area contributed by atoms with E-state index in [1.165, 1.54) is 12.1 Å². The number of nitrogens with two attached hydrogens (primary N) is 1. The fraction of sp³-hybridized carbons (Fsp3) is 0.0870. The van der Waals surface area contributed by atoms with Gasteiger partial charge in [0.15, 0.2) is 5.69 Å². The number of methoxy groups -OCH3 is 1. The van der Waals surface area contributed by atoms with Gasteiger partial charge in [0.1, 0.15) is 10.6 Å². The summed E-state index contributed by atoms with van der Waals surface area (Å²) in [6, 6.07) is 21.1. The third-order valence-corrected chi connectivity index (χ3v) is 6.23. The number of azo groups is 1. The van der Waals surface area contributed by atoms with Crippen molar-refractivity contribution in [3.8, 4) is 11.6 Å². The van der Waals surface area contributed by atoms with Crippen LogP contribution in [-0.2, 0) is 16.6 Å². The molecule has 34 heavy (non-hydrogen) atoms. The standard InChI is InChI=1S/C23H21N5O4S2/c1-32-16-11-12-19-17(13-16)21(22(29)28(19)14-15-7-3-2-4-8-15)26-27-23(33)25-18-9-5-6-10-20(18)34(24,30)31/h2-13,29H,14H2,1H3,(H,25,33)(H2,24,30,31). The van der Waals surface area contributed by atoms with Gasteiger partial charge in [-0.3, -0.25) is 0 Å². The fourth-order valence-electron chi connectivity index (χ4n) is 3.51. The molecular formula is C23H21N5O4S2. The van der Waals surface area contributed by atoms with E-state index in [2.05, 4.69) is 15.5 Å². The molecule has 4 N–H and O–H groups in total. The van der Waals surface area contributed by atoms with Gasteiger partial charge >= 0.3 is 0 Å². The summed E-state index contributed by atoms with van der Waals surface area (Å²) < 4.78 is 30.7. The molecule has 0 atom stereocenters. The number of rotatable bonds is 6. The van der Waals surface area contributed by atoms with E-state index < -0.39 is 10.0 Å². The predicted octanol–water partition coefficient (Wildman–Crippen LogP) is 4.53. The molecule has 0 saturated carbocycles. The van der Waals surface area contributed by atoms with Crippen LogP contribution in [0.25, 0.3) is 10.9 Å². The molecule has 3 aromatic carbocycles. The fourth-order valence-corrected chi connectivity index (χ4v) is 4.35. The molecule has 0 saturated heterocycles. The number of aromatic nitrogens is 1. The quantitative estimate of drug-likeness (QED) is 0.266. The Morgan fingerprint density at radius 1 is 1.12 bits per heavy atom. The van der Waals surface area contributed by atoms with Crippen LogP contribution in [0.2, 0.25) is 0 Å². The second-order valence-corrected chi connectivity index (χ2v) is 9.21. The summed E-state index contributed by atoms with van der Waals surface area (Å²) >= 11 is 5.22. The molecule has 0 bridgehead atoms. The third-order valence-electron chi connectivity index (χ3n) is 5.08. The Morgan fingerprint density at radius 2 is 1.82 bits per heavy atom. The van der Waals surface area contributed by atoms with Gasteiger partial charge in [0.05, 0.1) is 24.9 Å². The highest BCUT2D eigenvalue weighted by Gasteiger charge is 2.18. The first kappa shape index (κ1) is 23.4. The molecule has 0 spiro atoms. The van der Waals surface area contributed by atoms with Crippen molar-refractivity contribution in [3.63, 3.8) is 0 Å². The number of hydrogen-bond donors (Lipinski definition) is 3. The molecule has 1 aromatic heterocycles. The minimum absolute atomic E-state index is 0.0939. The van der Waals surface area contributed by atoms with Crippen LogP contribution in [0, 0.1) is 0 Å². The van der Waals surface area contributed by atoms with Crippen LogP contribution in [0.15, 0.2) is 87.9 Å². The van der Waals surface area contributed by atoms with E-state index in [-0.39, 0.29) is 27.3 Å². The highest BCUT2D eigenvalue weighted by molar-refractivity contribution is 7.89. The van der Waals surface area contributed by atoms with Crippen molar-refractivity contribution < 1.29 is 18.3 Å². The van der Waals surface area contributed by atoms with E-state index >= 15 is 0 Å². The predicted molar refractivity (Wildman–Crippen MR) is 134 cm³/mol. The average molecular weight is 496 g/mol. The average Bonchev–Trinajstić information content (AvgIpc) is 3.08. The lowest BCUT2D eigenvalue weighted by Gasteiger charge is -2.08. The Kier molecular flexibility index (Phi) is 6.59. The van der Waals surface area contributed by atoms with Crippen molar-refractivity contribution in [2.24, 2.45) is 15.4 Å². The number of benzene rings is 3. The van der Waals surface area contributed by atoms with Crippen LogP contribution in [0.1, 0.15) is 5.56 Å². The largest absolute Gasteiger partial charge is 0.497 e. The van der Waals surface area contributed by atoms with Crippen molar-refractivity contribution in [3.05, 3.63) is 78.4 Å². The molecule has 0 aliphatic rings. The summed E-state index contributed by atoms with van der Waals surface area (Å²) in [6.45, 7) is 0.412. The molecule has 4 aromatic rings. The lowest BCUT2D eigenvalue weighted by molar-refractivity contribution is 0.415. The van der Waals surface area contributed by atoms with Gasteiger partial charge in [0.2, 0.25) is 21.0 Å². The smallest absolute Gasteiger partial charge is 0.240 e. The van der Waals surface area contributed by atoms with E-state index in [0.29, 0.717) is 17.7 Å². The van der Waals surface area contributed by atoms with Gasteiger partial charge in [-0.25, -0.2) is 13.6 Å². The van der Waals surface area contributed by atoms with E-state index in [1.807, 2.05) is 36.4 Å². The van der Waals surface area contributed by atoms with Gasteiger partial charge in [-0.1, -0.05) is 42.5 Å². The van der Waals surface area contributed by atoms with Crippen molar-refractivity contribution in [1.82, 2.24) is 4.57 Å². The summed E-state index contributed by atoms with van der Waals surface area (Å²) in [7, 11) is -2.42. The minimum atomic E-state index is -3.97. The van der Waals surface area contributed by atoms with Crippen LogP contribution in [-0.4, -0.2) is 30.3 Å². The number of anilines is 1. The van der Waals surface area contributed by atoms with Crippen molar-refractivity contribution in [2.45, 2.75) is 11.4 Å². The zero-order valence-electron chi connectivity index (χ0n) is 18.0. The Balaban J connectivity index is 1.70. The first-order valence-electron chi connectivity index (χ1n) is 10.1. The third kappa shape index (κ3) is 4.91. The van der Waals surface area contributed by atoms with Crippen LogP contribution < -0.4 is 15.2 Å².